The highest BCUT2D eigenvalue weighted by Crippen LogP contribution is 2.29. The van der Waals surface area contributed by atoms with Crippen LogP contribution >= 0.6 is 0 Å². The van der Waals surface area contributed by atoms with E-state index in [1.807, 2.05) is 0 Å². The summed E-state index contributed by atoms with van der Waals surface area (Å²) < 4.78 is 5.35. The van der Waals surface area contributed by atoms with E-state index in [9.17, 15) is 4.79 Å². The zero-order valence-electron chi connectivity index (χ0n) is 7.32. The van der Waals surface area contributed by atoms with Gasteiger partial charge in [-0.1, -0.05) is 0 Å². The number of carbonyl (C=O) groups excluding carboxylic acids is 1. The molecule has 1 unspecified atom stereocenters. The van der Waals surface area contributed by atoms with E-state index in [0.29, 0.717) is 12.5 Å². The highest BCUT2D eigenvalue weighted by atomic mass is 16.5. The molecule has 0 spiro atoms. The maximum atomic E-state index is 10.6. The molecule has 70 valence electrons. The molecule has 0 aliphatic heterocycles. The molecule has 0 aromatic rings. The van der Waals surface area contributed by atoms with Gasteiger partial charge in [-0.05, 0) is 32.2 Å². The Balaban J connectivity index is 2.14. The molecular formula is C8H16N2O2. The summed E-state index contributed by atoms with van der Waals surface area (Å²) in [5.74, 6) is 0.182. The predicted octanol–water partition coefficient (Wildman–Crippen LogP) is -0.386. The van der Waals surface area contributed by atoms with Gasteiger partial charge in [-0.15, -0.1) is 0 Å². The topological polar surface area (TPSA) is 78.3 Å². The highest BCUT2D eigenvalue weighted by Gasteiger charge is 2.30. The fourth-order valence-corrected chi connectivity index (χ4v) is 1.33. The molecule has 4 nitrogen and oxygen atoms in total. The van der Waals surface area contributed by atoms with E-state index in [4.69, 9.17) is 16.2 Å². The summed E-state index contributed by atoms with van der Waals surface area (Å²) >= 11 is 0. The molecule has 12 heavy (non-hydrogen) atoms. The zero-order chi connectivity index (χ0) is 9.14. The minimum absolute atomic E-state index is 0.195. The fourth-order valence-electron chi connectivity index (χ4n) is 1.33. The number of amides is 1. The molecule has 1 atom stereocenters. The van der Waals surface area contributed by atoms with Gasteiger partial charge < -0.3 is 16.2 Å². The van der Waals surface area contributed by atoms with Crippen molar-refractivity contribution in [2.45, 2.75) is 32.0 Å². The SMILES string of the molecule is CC(OC1CC(CN)C1)C(N)=O. The van der Waals surface area contributed by atoms with Gasteiger partial charge in [-0.2, -0.15) is 0 Å². The third kappa shape index (κ3) is 2.19. The molecule has 1 saturated carbocycles. The van der Waals surface area contributed by atoms with Crippen LogP contribution in [-0.4, -0.2) is 24.7 Å². The maximum absolute atomic E-state index is 10.6. The smallest absolute Gasteiger partial charge is 0.246 e. The molecule has 0 aromatic carbocycles. The van der Waals surface area contributed by atoms with E-state index in [0.717, 1.165) is 12.8 Å². The summed E-state index contributed by atoms with van der Waals surface area (Å²) in [5, 5.41) is 0. The van der Waals surface area contributed by atoms with E-state index in [-0.39, 0.29) is 6.10 Å². The second kappa shape index (κ2) is 3.87. The molecule has 0 aromatic heterocycles. The molecule has 0 heterocycles. The van der Waals surface area contributed by atoms with Crippen molar-refractivity contribution in [2.24, 2.45) is 17.4 Å². The highest BCUT2D eigenvalue weighted by molar-refractivity contribution is 5.78. The Morgan fingerprint density at radius 2 is 2.25 bits per heavy atom. The van der Waals surface area contributed by atoms with E-state index in [1.54, 1.807) is 6.92 Å². The van der Waals surface area contributed by atoms with Crippen LogP contribution in [0.5, 0.6) is 0 Å². The van der Waals surface area contributed by atoms with E-state index in [1.165, 1.54) is 0 Å². The predicted molar refractivity (Wildman–Crippen MR) is 45.3 cm³/mol. The largest absolute Gasteiger partial charge is 0.367 e. The van der Waals surface area contributed by atoms with Crippen LogP contribution in [0.1, 0.15) is 19.8 Å². The van der Waals surface area contributed by atoms with E-state index >= 15 is 0 Å². The lowest BCUT2D eigenvalue weighted by Crippen LogP contribution is -2.41. The molecule has 1 rings (SSSR count). The molecule has 1 aliphatic rings. The number of hydrogen-bond donors (Lipinski definition) is 2. The minimum Gasteiger partial charge on any atom is -0.367 e. The van der Waals surface area contributed by atoms with Crippen LogP contribution in [0.15, 0.2) is 0 Å². The number of nitrogens with two attached hydrogens (primary N) is 2. The van der Waals surface area contributed by atoms with Gasteiger partial charge in [0.05, 0.1) is 6.10 Å². The van der Waals surface area contributed by atoms with Gasteiger partial charge in [0.1, 0.15) is 6.10 Å². The van der Waals surface area contributed by atoms with Crippen molar-refractivity contribution in [2.75, 3.05) is 6.54 Å². The first-order valence-corrected chi connectivity index (χ1v) is 4.28. The van der Waals surface area contributed by atoms with Crippen LogP contribution in [0.2, 0.25) is 0 Å². The monoisotopic (exact) mass is 172 g/mol. The number of primary amides is 1. The van der Waals surface area contributed by atoms with Crippen LogP contribution in [0, 0.1) is 5.92 Å². The van der Waals surface area contributed by atoms with Crippen LogP contribution in [0.4, 0.5) is 0 Å². The quantitative estimate of drug-likeness (QED) is 0.606. The average molecular weight is 172 g/mol. The second-order valence-electron chi connectivity index (χ2n) is 3.38. The average Bonchev–Trinajstić information content (AvgIpc) is 1.94. The minimum atomic E-state index is -0.464. The number of ether oxygens (including phenoxy) is 1. The van der Waals surface area contributed by atoms with Crippen molar-refractivity contribution >= 4 is 5.91 Å². The molecule has 4 heteroatoms. The van der Waals surface area contributed by atoms with Crippen LogP contribution in [0.25, 0.3) is 0 Å². The first-order chi connectivity index (χ1) is 5.63. The lowest BCUT2D eigenvalue weighted by atomic mass is 9.82. The maximum Gasteiger partial charge on any atom is 0.246 e. The van der Waals surface area contributed by atoms with Crippen LogP contribution < -0.4 is 11.5 Å². The Hall–Kier alpha value is -0.610. The van der Waals surface area contributed by atoms with Crippen molar-refractivity contribution in [3.63, 3.8) is 0 Å². The van der Waals surface area contributed by atoms with Crippen molar-refractivity contribution in [1.29, 1.82) is 0 Å². The molecule has 1 amide bonds. The first-order valence-electron chi connectivity index (χ1n) is 4.28. The Labute approximate surface area is 72.2 Å². The van der Waals surface area contributed by atoms with Gasteiger partial charge in [0.15, 0.2) is 0 Å². The summed E-state index contributed by atoms with van der Waals surface area (Å²) in [6, 6.07) is 0. The number of hydrogen-bond acceptors (Lipinski definition) is 3. The lowest BCUT2D eigenvalue weighted by molar-refractivity contribution is -0.137. The van der Waals surface area contributed by atoms with Crippen molar-refractivity contribution in [3.05, 3.63) is 0 Å². The van der Waals surface area contributed by atoms with Crippen LogP contribution in [0.3, 0.4) is 0 Å². The molecule has 0 radical (unpaired) electrons. The molecule has 0 saturated heterocycles. The van der Waals surface area contributed by atoms with Crippen molar-refractivity contribution in [3.8, 4) is 0 Å². The van der Waals surface area contributed by atoms with Gasteiger partial charge in [0.25, 0.3) is 0 Å². The molecule has 4 N–H and O–H groups in total. The standard InChI is InChI=1S/C8H16N2O2/c1-5(8(10)11)12-7-2-6(3-7)4-9/h5-7H,2-4,9H2,1H3,(H2,10,11). The fraction of sp³-hybridized carbons (Fsp3) is 0.875. The third-order valence-corrected chi connectivity index (χ3v) is 2.32. The van der Waals surface area contributed by atoms with Gasteiger partial charge in [-0.25, -0.2) is 0 Å². The summed E-state index contributed by atoms with van der Waals surface area (Å²) in [6.45, 7) is 2.39. The van der Waals surface area contributed by atoms with Gasteiger partial charge in [0.2, 0.25) is 5.91 Å². The van der Waals surface area contributed by atoms with Crippen LogP contribution in [-0.2, 0) is 9.53 Å². The van der Waals surface area contributed by atoms with E-state index < -0.39 is 12.0 Å². The Bertz CT molecular complexity index is 166. The second-order valence-corrected chi connectivity index (χ2v) is 3.38. The van der Waals surface area contributed by atoms with Gasteiger partial charge >= 0.3 is 0 Å². The summed E-state index contributed by atoms with van der Waals surface area (Å²) in [6.07, 6.45) is 1.66. The number of rotatable bonds is 4. The number of carbonyl (C=O) groups is 1. The molecule has 0 bridgehead atoms. The lowest BCUT2D eigenvalue weighted by Gasteiger charge is -2.35. The normalized spacial score (nSPS) is 30.8. The van der Waals surface area contributed by atoms with E-state index in [2.05, 4.69) is 0 Å². The Kier molecular flexibility index (Phi) is 3.05. The molecule has 1 aliphatic carbocycles. The van der Waals surface area contributed by atoms with Crippen molar-refractivity contribution < 1.29 is 9.53 Å². The third-order valence-electron chi connectivity index (χ3n) is 2.32. The first kappa shape index (κ1) is 9.48. The zero-order valence-corrected chi connectivity index (χ0v) is 7.32. The Morgan fingerprint density at radius 1 is 1.67 bits per heavy atom. The molecule has 1 fully saturated rings. The summed E-state index contributed by atoms with van der Waals surface area (Å²) in [4.78, 5) is 10.6. The molecular weight excluding hydrogens is 156 g/mol. The van der Waals surface area contributed by atoms with Gasteiger partial charge in [-0.3, -0.25) is 4.79 Å². The summed E-state index contributed by atoms with van der Waals surface area (Å²) in [5.41, 5.74) is 10.5. The summed E-state index contributed by atoms with van der Waals surface area (Å²) in [7, 11) is 0. The Morgan fingerprint density at radius 3 is 2.67 bits per heavy atom. The van der Waals surface area contributed by atoms with Gasteiger partial charge in [0, 0.05) is 0 Å². The van der Waals surface area contributed by atoms with Crippen molar-refractivity contribution in [1.82, 2.24) is 0 Å².